The maximum Gasteiger partial charge on any atom is 0.226 e. The van der Waals surface area contributed by atoms with E-state index < -0.39 is 0 Å². The fourth-order valence-corrected chi connectivity index (χ4v) is 1.47. The highest BCUT2D eigenvalue weighted by molar-refractivity contribution is 5.28. The summed E-state index contributed by atoms with van der Waals surface area (Å²) in [4.78, 5) is 8.44. The van der Waals surface area contributed by atoms with E-state index in [4.69, 9.17) is 10.5 Å². The molecule has 1 aromatic rings. The lowest BCUT2D eigenvalue weighted by molar-refractivity contribution is 0.305. The van der Waals surface area contributed by atoms with E-state index in [-0.39, 0.29) is 5.54 Å². The van der Waals surface area contributed by atoms with Gasteiger partial charge < -0.3 is 15.8 Å². The molecule has 1 heterocycles. The molecule has 18 heavy (non-hydrogen) atoms. The van der Waals surface area contributed by atoms with E-state index in [1.807, 2.05) is 0 Å². The van der Waals surface area contributed by atoms with Gasteiger partial charge in [-0.25, -0.2) is 4.98 Å². The van der Waals surface area contributed by atoms with Crippen LogP contribution in [0.1, 0.15) is 40.0 Å². The van der Waals surface area contributed by atoms with Gasteiger partial charge >= 0.3 is 0 Å². The Bertz CT molecular complexity index is 353. The van der Waals surface area contributed by atoms with Crippen LogP contribution in [0.25, 0.3) is 0 Å². The Morgan fingerprint density at radius 1 is 1.33 bits per heavy atom. The molecule has 5 nitrogen and oxygen atoms in total. The number of hydrogen-bond donors (Lipinski definition) is 2. The second-order valence-corrected chi connectivity index (χ2v) is 4.49. The number of nitrogens with two attached hydrogens (primary N) is 1. The average molecular weight is 252 g/mol. The summed E-state index contributed by atoms with van der Waals surface area (Å²) in [6.45, 7) is 7.57. The second kappa shape index (κ2) is 7.16. The van der Waals surface area contributed by atoms with Crippen molar-refractivity contribution in [1.29, 1.82) is 0 Å². The molecule has 0 bridgehead atoms. The molecule has 0 unspecified atom stereocenters. The van der Waals surface area contributed by atoms with Crippen molar-refractivity contribution in [2.45, 2.75) is 45.6 Å². The molecule has 0 radical (unpaired) electrons. The predicted octanol–water partition coefficient (Wildman–Crippen LogP) is 2.19. The van der Waals surface area contributed by atoms with Gasteiger partial charge in [-0.1, -0.05) is 20.8 Å². The Kier molecular flexibility index (Phi) is 5.85. The Morgan fingerprint density at radius 3 is 2.67 bits per heavy atom. The van der Waals surface area contributed by atoms with Gasteiger partial charge in [-0.05, 0) is 19.3 Å². The lowest BCUT2D eigenvalue weighted by Gasteiger charge is -2.26. The van der Waals surface area contributed by atoms with Gasteiger partial charge in [0, 0.05) is 24.3 Å². The van der Waals surface area contributed by atoms with Crippen LogP contribution in [-0.2, 0) is 0 Å². The molecule has 1 rings (SSSR count). The van der Waals surface area contributed by atoms with Crippen molar-refractivity contribution in [3.63, 3.8) is 0 Å². The first kappa shape index (κ1) is 14.7. The fourth-order valence-electron chi connectivity index (χ4n) is 1.47. The number of hydrogen-bond acceptors (Lipinski definition) is 5. The van der Waals surface area contributed by atoms with Crippen LogP contribution in [0.5, 0.6) is 5.88 Å². The normalized spacial score (nSPS) is 11.3. The zero-order chi connectivity index (χ0) is 13.4. The molecule has 102 valence electrons. The summed E-state index contributed by atoms with van der Waals surface area (Å²) in [5.41, 5.74) is 6.01. The summed E-state index contributed by atoms with van der Waals surface area (Å²) in [5.74, 6) is 1.17. The van der Waals surface area contributed by atoms with Crippen molar-refractivity contribution in [1.82, 2.24) is 9.97 Å². The molecule has 0 fully saturated rings. The van der Waals surface area contributed by atoms with Gasteiger partial charge in [0.2, 0.25) is 11.8 Å². The van der Waals surface area contributed by atoms with Gasteiger partial charge in [0.15, 0.2) is 0 Å². The van der Waals surface area contributed by atoms with E-state index in [1.165, 1.54) is 0 Å². The van der Waals surface area contributed by atoms with Gasteiger partial charge in [-0.2, -0.15) is 4.98 Å². The minimum absolute atomic E-state index is 0.205. The molecular weight excluding hydrogens is 228 g/mol. The van der Waals surface area contributed by atoms with Crippen molar-refractivity contribution >= 4 is 5.95 Å². The average Bonchev–Trinajstić information content (AvgIpc) is 2.43. The standard InChI is InChI=1S/C13H24N4O/c1-4-9-18-11-7-8-15-12(17-11)16-10-13(14,5-2)6-3/h7-8H,4-6,9-10,14H2,1-3H3,(H,15,16,17). The van der Waals surface area contributed by atoms with Crippen LogP contribution in [0.2, 0.25) is 0 Å². The van der Waals surface area contributed by atoms with Crippen LogP contribution in [-0.4, -0.2) is 28.7 Å². The summed E-state index contributed by atoms with van der Waals surface area (Å²) in [6, 6.07) is 1.76. The van der Waals surface area contributed by atoms with Crippen LogP contribution < -0.4 is 15.8 Å². The van der Waals surface area contributed by atoms with Crippen molar-refractivity contribution in [2.24, 2.45) is 5.73 Å². The summed E-state index contributed by atoms with van der Waals surface area (Å²) in [7, 11) is 0. The first-order valence-electron chi connectivity index (χ1n) is 6.62. The van der Waals surface area contributed by atoms with Crippen molar-refractivity contribution in [3.8, 4) is 5.88 Å². The molecule has 0 aliphatic carbocycles. The first-order chi connectivity index (χ1) is 8.63. The number of nitrogens with one attached hydrogen (secondary N) is 1. The van der Waals surface area contributed by atoms with Crippen LogP contribution in [0.3, 0.4) is 0 Å². The number of anilines is 1. The summed E-state index contributed by atoms with van der Waals surface area (Å²) in [6.07, 6.45) is 4.49. The molecular formula is C13H24N4O. The molecule has 0 aromatic carbocycles. The molecule has 0 aliphatic rings. The first-order valence-corrected chi connectivity index (χ1v) is 6.62. The highest BCUT2D eigenvalue weighted by Gasteiger charge is 2.20. The molecule has 1 aromatic heterocycles. The number of rotatable bonds is 8. The van der Waals surface area contributed by atoms with Crippen molar-refractivity contribution in [3.05, 3.63) is 12.3 Å². The Morgan fingerprint density at radius 2 is 2.06 bits per heavy atom. The highest BCUT2D eigenvalue weighted by atomic mass is 16.5. The zero-order valence-electron chi connectivity index (χ0n) is 11.6. The third-order valence-electron chi connectivity index (χ3n) is 3.09. The molecule has 0 spiro atoms. The maximum absolute atomic E-state index is 6.21. The van der Waals surface area contributed by atoms with Gasteiger partial charge in [-0.15, -0.1) is 0 Å². The second-order valence-electron chi connectivity index (χ2n) is 4.49. The molecule has 0 saturated heterocycles. The SMILES string of the molecule is CCCOc1ccnc(NCC(N)(CC)CC)n1. The van der Waals surface area contributed by atoms with E-state index >= 15 is 0 Å². The van der Waals surface area contributed by atoms with Crippen molar-refractivity contribution in [2.75, 3.05) is 18.5 Å². The summed E-state index contributed by atoms with van der Waals surface area (Å²) < 4.78 is 5.46. The van der Waals surface area contributed by atoms with Crippen LogP contribution >= 0.6 is 0 Å². The molecule has 5 heteroatoms. The minimum atomic E-state index is -0.205. The fraction of sp³-hybridized carbons (Fsp3) is 0.692. The van der Waals surface area contributed by atoms with Gasteiger partial charge in [0.05, 0.1) is 6.61 Å². The van der Waals surface area contributed by atoms with Crippen LogP contribution in [0, 0.1) is 0 Å². The molecule has 0 aliphatic heterocycles. The number of ether oxygens (including phenoxy) is 1. The number of aromatic nitrogens is 2. The minimum Gasteiger partial charge on any atom is -0.478 e. The smallest absolute Gasteiger partial charge is 0.226 e. The molecule has 0 amide bonds. The van der Waals surface area contributed by atoms with Gasteiger partial charge in [0.1, 0.15) is 0 Å². The Labute approximate surface area is 109 Å². The molecule has 0 atom stereocenters. The maximum atomic E-state index is 6.21. The van der Waals surface area contributed by atoms with E-state index in [9.17, 15) is 0 Å². The molecule has 0 saturated carbocycles. The third-order valence-corrected chi connectivity index (χ3v) is 3.09. The number of nitrogens with zero attached hydrogens (tertiary/aromatic N) is 2. The van der Waals surface area contributed by atoms with E-state index in [0.29, 0.717) is 25.0 Å². The predicted molar refractivity (Wildman–Crippen MR) is 73.8 cm³/mol. The summed E-state index contributed by atoms with van der Waals surface area (Å²) in [5, 5.41) is 3.18. The zero-order valence-corrected chi connectivity index (χ0v) is 11.6. The van der Waals surface area contributed by atoms with Gasteiger partial charge in [-0.3, -0.25) is 0 Å². The van der Waals surface area contributed by atoms with Gasteiger partial charge in [0.25, 0.3) is 0 Å². The van der Waals surface area contributed by atoms with E-state index in [1.54, 1.807) is 12.3 Å². The van der Waals surface area contributed by atoms with E-state index in [2.05, 4.69) is 36.1 Å². The molecule has 3 N–H and O–H groups in total. The largest absolute Gasteiger partial charge is 0.478 e. The van der Waals surface area contributed by atoms with Crippen LogP contribution in [0.4, 0.5) is 5.95 Å². The topological polar surface area (TPSA) is 73.1 Å². The quantitative estimate of drug-likeness (QED) is 0.742. The van der Waals surface area contributed by atoms with Crippen LogP contribution in [0.15, 0.2) is 12.3 Å². The lowest BCUT2D eigenvalue weighted by Crippen LogP contribution is -2.45. The monoisotopic (exact) mass is 252 g/mol. The third kappa shape index (κ3) is 4.49. The van der Waals surface area contributed by atoms with E-state index in [0.717, 1.165) is 19.3 Å². The van der Waals surface area contributed by atoms with Crippen molar-refractivity contribution < 1.29 is 4.74 Å². The highest BCUT2D eigenvalue weighted by Crippen LogP contribution is 2.13. The lowest BCUT2D eigenvalue weighted by atomic mass is 9.94. The Hall–Kier alpha value is -1.36. The summed E-state index contributed by atoms with van der Waals surface area (Å²) >= 11 is 0. The Balaban J connectivity index is 2.56.